The molecule has 0 radical (unpaired) electrons. The van der Waals surface area contributed by atoms with Crippen molar-refractivity contribution in [3.63, 3.8) is 0 Å². The van der Waals surface area contributed by atoms with Gasteiger partial charge in [-0.25, -0.2) is 0 Å². The zero-order chi connectivity index (χ0) is 11.1. The summed E-state index contributed by atoms with van der Waals surface area (Å²) >= 11 is 0. The van der Waals surface area contributed by atoms with E-state index in [9.17, 15) is 9.59 Å². The van der Waals surface area contributed by atoms with Gasteiger partial charge in [-0.1, -0.05) is 6.92 Å². The van der Waals surface area contributed by atoms with Crippen molar-refractivity contribution in [2.24, 2.45) is 0 Å². The van der Waals surface area contributed by atoms with Crippen LogP contribution in [-0.2, 0) is 9.59 Å². The highest BCUT2D eigenvalue weighted by Gasteiger charge is 2.18. The zero-order valence-electron chi connectivity index (χ0n) is 8.91. The van der Waals surface area contributed by atoms with Gasteiger partial charge < -0.3 is 15.3 Å². The van der Waals surface area contributed by atoms with Crippen LogP contribution in [0, 0.1) is 0 Å². The summed E-state index contributed by atoms with van der Waals surface area (Å²) < 4.78 is 0. The Morgan fingerprint density at radius 1 is 1.50 bits per heavy atom. The third-order valence-electron chi connectivity index (χ3n) is 1.97. The first kappa shape index (κ1) is 12.9. The molecule has 0 bridgehead atoms. The molecule has 0 fully saturated rings. The molecule has 14 heavy (non-hydrogen) atoms. The van der Waals surface area contributed by atoms with Crippen LogP contribution in [0.5, 0.6) is 0 Å². The van der Waals surface area contributed by atoms with Crippen molar-refractivity contribution in [2.75, 3.05) is 20.2 Å². The summed E-state index contributed by atoms with van der Waals surface area (Å²) in [5, 5.41) is 11.1. The fourth-order valence-electron chi connectivity index (χ4n) is 0.812. The number of carbonyl (C=O) groups is 2. The van der Waals surface area contributed by atoms with Gasteiger partial charge in [0, 0.05) is 19.6 Å². The van der Waals surface area contributed by atoms with Crippen molar-refractivity contribution < 1.29 is 14.7 Å². The molecular formula is C9H18N2O3. The second kappa shape index (κ2) is 6.37. The second-order valence-corrected chi connectivity index (χ2v) is 3.23. The van der Waals surface area contributed by atoms with E-state index in [1.54, 1.807) is 0 Å². The van der Waals surface area contributed by atoms with Crippen LogP contribution in [0.15, 0.2) is 0 Å². The fourth-order valence-corrected chi connectivity index (χ4v) is 0.812. The monoisotopic (exact) mass is 202 g/mol. The van der Waals surface area contributed by atoms with Crippen molar-refractivity contribution in [3.05, 3.63) is 0 Å². The fraction of sp³-hybridized carbons (Fsp3) is 0.778. The average Bonchev–Trinajstić information content (AvgIpc) is 2.16. The maximum Gasteiger partial charge on any atom is 0.311 e. The zero-order valence-corrected chi connectivity index (χ0v) is 8.91. The van der Waals surface area contributed by atoms with E-state index < -0.39 is 11.8 Å². The number of hydrogen-bond acceptors (Lipinski definition) is 3. The first-order chi connectivity index (χ1) is 6.52. The summed E-state index contributed by atoms with van der Waals surface area (Å²) in [7, 11) is 1.48. The van der Waals surface area contributed by atoms with E-state index in [0.717, 1.165) is 6.42 Å². The van der Waals surface area contributed by atoms with E-state index in [1.807, 2.05) is 13.8 Å². The number of hydrogen-bond donors (Lipinski definition) is 2. The van der Waals surface area contributed by atoms with Crippen molar-refractivity contribution in [1.82, 2.24) is 10.2 Å². The van der Waals surface area contributed by atoms with Gasteiger partial charge in [-0.05, 0) is 13.3 Å². The van der Waals surface area contributed by atoms with E-state index in [2.05, 4.69) is 5.32 Å². The summed E-state index contributed by atoms with van der Waals surface area (Å²) in [5.41, 5.74) is 0. The molecule has 0 rings (SSSR count). The molecule has 0 aliphatic carbocycles. The van der Waals surface area contributed by atoms with E-state index in [0.29, 0.717) is 0 Å². The van der Waals surface area contributed by atoms with Crippen LogP contribution in [0.25, 0.3) is 0 Å². The highest BCUT2D eigenvalue weighted by Crippen LogP contribution is 1.90. The normalized spacial score (nSPS) is 12.0. The van der Waals surface area contributed by atoms with Crippen LogP contribution in [0.3, 0.4) is 0 Å². The summed E-state index contributed by atoms with van der Waals surface area (Å²) in [6.07, 6.45) is 0.780. The molecular weight excluding hydrogens is 184 g/mol. The third kappa shape index (κ3) is 4.23. The minimum absolute atomic E-state index is 0.00558. The van der Waals surface area contributed by atoms with E-state index in [1.165, 1.54) is 11.9 Å². The predicted molar refractivity (Wildman–Crippen MR) is 52.6 cm³/mol. The Morgan fingerprint density at radius 3 is 2.50 bits per heavy atom. The number of rotatable bonds is 4. The molecule has 1 unspecified atom stereocenters. The molecule has 0 aliphatic heterocycles. The highest BCUT2D eigenvalue weighted by atomic mass is 16.3. The SMILES string of the molecule is CCC(C)NC(=O)C(=O)N(C)CCO. The molecule has 2 amide bonds. The Bertz CT molecular complexity index is 206. The van der Waals surface area contributed by atoms with Gasteiger partial charge in [0.15, 0.2) is 0 Å². The van der Waals surface area contributed by atoms with Crippen LogP contribution < -0.4 is 5.32 Å². The number of nitrogens with one attached hydrogen (secondary N) is 1. The van der Waals surface area contributed by atoms with Crippen LogP contribution in [-0.4, -0.2) is 48.1 Å². The molecule has 1 atom stereocenters. The molecule has 0 saturated heterocycles. The van der Waals surface area contributed by atoms with E-state index in [-0.39, 0.29) is 19.2 Å². The Labute approximate surface area is 84.1 Å². The molecule has 0 aromatic rings. The molecule has 0 heterocycles. The maximum absolute atomic E-state index is 11.3. The van der Waals surface area contributed by atoms with Gasteiger partial charge in [-0.15, -0.1) is 0 Å². The lowest BCUT2D eigenvalue weighted by Crippen LogP contribution is -2.44. The van der Waals surface area contributed by atoms with Gasteiger partial charge in [0.2, 0.25) is 0 Å². The first-order valence-electron chi connectivity index (χ1n) is 4.69. The Morgan fingerprint density at radius 2 is 2.07 bits per heavy atom. The van der Waals surface area contributed by atoms with Crippen LogP contribution in [0.2, 0.25) is 0 Å². The van der Waals surface area contributed by atoms with Crippen molar-refractivity contribution >= 4 is 11.8 Å². The van der Waals surface area contributed by atoms with Gasteiger partial charge in [0.25, 0.3) is 0 Å². The maximum atomic E-state index is 11.3. The summed E-state index contributed by atoms with van der Waals surface area (Å²) in [5.74, 6) is -1.23. The Hall–Kier alpha value is -1.10. The Kier molecular flexibility index (Phi) is 5.87. The number of amides is 2. The largest absolute Gasteiger partial charge is 0.395 e. The second-order valence-electron chi connectivity index (χ2n) is 3.23. The van der Waals surface area contributed by atoms with Gasteiger partial charge >= 0.3 is 11.8 Å². The minimum Gasteiger partial charge on any atom is -0.395 e. The van der Waals surface area contributed by atoms with Gasteiger partial charge in [0.1, 0.15) is 0 Å². The predicted octanol–water partition coefficient (Wildman–Crippen LogP) is -0.648. The van der Waals surface area contributed by atoms with Crippen LogP contribution >= 0.6 is 0 Å². The third-order valence-corrected chi connectivity index (χ3v) is 1.97. The molecule has 0 aromatic heterocycles. The first-order valence-corrected chi connectivity index (χ1v) is 4.69. The highest BCUT2D eigenvalue weighted by molar-refractivity contribution is 6.34. The number of likely N-dealkylation sites (N-methyl/N-ethyl adjacent to an activating group) is 1. The van der Waals surface area contributed by atoms with E-state index in [4.69, 9.17) is 5.11 Å². The molecule has 2 N–H and O–H groups in total. The number of aliphatic hydroxyl groups excluding tert-OH is 1. The molecule has 0 spiro atoms. The van der Waals surface area contributed by atoms with Crippen molar-refractivity contribution in [3.8, 4) is 0 Å². The summed E-state index contributed by atoms with van der Waals surface area (Å²) in [4.78, 5) is 23.7. The molecule has 5 nitrogen and oxygen atoms in total. The lowest BCUT2D eigenvalue weighted by atomic mass is 10.2. The van der Waals surface area contributed by atoms with Crippen LogP contribution in [0.1, 0.15) is 20.3 Å². The quantitative estimate of drug-likeness (QED) is 0.595. The molecule has 0 saturated carbocycles. The van der Waals surface area contributed by atoms with Crippen molar-refractivity contribution in [2.45, 2.75) is 26.3 Å². The van der Waals surface area contributed by atoms with Gasteiger partial charge in [-0.2, -0.15) is 0 Å². The lowest BCUT2D eigenvalue weighted by Gasteiger charge is -2.17. The average molecular weight is 202 g/mol. The minimum atomic E-state index is -0.615. The topological polar surface area (TPSA) is 69.6 Å². The number of nitrogens with zero attached hydrogens (tertiary/aromatic N) is 1. The lowest BCUT2D eigenvalue weighted by molar-refractivity contribution is -0.145. The molecule has 0 aromatic carbocycles. The summed E-state index contributed by atoms with van der Waals surface area (Å²) in [6, 6.07) is -0.00558. The van der Waals surface area contributed by atoms with Crippen molar-refractivity contribution in [1.29, 1.82) is 0 Å². The molecule has 5 heteroatoms. The number of aliphatic hydroxyl groups is 1. The molecule has 82 valence electrons. The summed E-state index contributed by atoms with van der Waals surface area (Å²) in [6.45, 7) is 3.79. The van der Waals surface area contributed by atoms with Crippen LogP contribution in [0.4, 0.5) is 0 Å². The Balaban J connectivity index is 4.05. The van der Waals surface area contributed by atoms with E-state index >= 15 is 0 Å². The standard InChI is InChI=1S/C9H18N2O3/c1-4-7(2)10-8(13)9(14)11(3)5-6-12/h7,12H,4-6H2,1-3H3,(H,10,13). The molecule has 0 aliphatic rings. The smallest absolute Gasteiger partial charge is 0.311 e. The number of carbonyl (C=O) groups excluding carboxylic acids is 2. The van der Waals surface area contributed by atoms with Gasteiger partial charge in [-0.3, -0.25) is 9.59 Å². The van der Waals surface area contributed by atoms with Gasteiger partial charge in [0.05, 0.1) is 6.61 Å².